The SMILES string of the molecule is CN(C1CCC(N)CC1)S(=O)(=O)C=Cc1ccc(Cl)cc1. The average Bonchev–Trinajstić information content (AvgIpc) is 2.47. The molecule has 0 amide bonds. The number of sulfonamides is 1. The second-order valence-electron chi connectivity index (χ2n) is 5.48. The van der Waals surface area contributed by atoms with Crippen LogP contribution in [0.2, 0.25) is 5.02 Å². The van der Waals surface area contributed by atoms with Crippen molar-refractivity contribution < 1.29 is 8.42 Å². The maximum absolute atomic E-state index is 12.3. The molecular weight excluding hydrogens is 308 g/mol. The number of benzene rings is 1. The molecule has 1 aliphatic rings. The molecule has 2 rings (SSSR count). The van der Waals surface area contributed by atoms with E-state index >= 15 is 0 Å². The zero-order valence-electron chi connectivity index (χ0n) is 12.1. The summed E-state index contributed by atoms with van der Waals surface area (Å²) >= 11 is 5.80. The highest BCUT2D eigenvalue weighted by Crippen LogP contribution is 2.23. The lowest BCUT2D eigenvalue weighted by Crippen LogP contribution is -2.41. The van der Waals surface area contributed by atoms with E-state index in [1.165, 1.54) is 9.71 Å². The molecule has 0 unspecified atom stereocenters. The second kappa shape index (κ2) is 6.92. The fourth-order valence-electron chi connectivity index (χ4n) is 2.51. The predicted octanol–water partition coefficient (Wildman–Crippen LogP) is 2.84. The van der Waals surface area contributed by atoms with Gasteiger partial charge in [-0.15, -0.1) is 0 Å². The van der Waals surface area contributed by atoms with Gasteiger partial charge in [0, 0.05) is 29.6 Å². The van der Waals surface area contributed by atoms with Crippen molar-refractivity contribution >= 4 is 27.7 Å². The Kier molecular flexibility index (Phi) is 5.43. The Labute approximate surface area is 131 Å². The summed E-state index contributed by atoms with van der Waals surface area (Å²) in [5.41, 5.74) is 6.67. The smallest absolute Gasteiger partial charge is 0.236 e. The van der Waals surface area contributed by atoms with E-state index in [4.69, 9.17) is 17.3 Å². The molecule has 21 heavy (non-hydrogen) atoms. The van der Waals surface area contributed by atoms with E-state index in [-0.39, 0.29) is 12.1 Å². The topological polar surface area (TPSA) is 63.4 Å². The number of nitrogens with two attached hydrogens (primary N) is 1. The molecular formula is C15H21ClN2O2S. The van der Waals surface area contributed by atoms with Crippen molar-refractivity contribution in [2.24, 2.45) is 5.73 Å². The molecule has 0 bridgehead atoms. The third-order valence-corrected chi connectivity index (χ3v) is 5.79. The minimum Gasteiger partial charge on any atom is -0.328 e. The summed E-state index contributed by atoms with van der Waals surface area (Å²) in [5, 5.41) is 1.88. The van der Waals surface area contributed by atoms with Gasteiger partial charge in [0.2, 0.25) is 10.0 Å². The Balaban J connectivity index is 2.05. The third-order valence-electron chi connectivity index (χ3n) is 3.96. The molecule has 0 aliphatic heterocycles. The predicted molar refractivity (Wildman–Crippen MR) is 87.4 cm³/mol. The molecule has 0 heterocycles. The Morgan fingerprint density at radius 2 is 1.76 bits per heavy atom. The first-order valence-electron chi connectivity index (χ1n) is 7.06. The van der Waals surface area contributed by atoms with Gasteiger partial charge in [-0.05, 0) is 49.5 Å². The molecule has 1 aliphatic carbocycles. The number of rotatable bonds is 4. The fraction of sp³-hybridized carbons (Fsp3) is 0.467. The molecule has 0 saturated heterocycles. The molecule has 1 aromatic carbocycles. The molecule has 1 fully saturated rings. The van der Waals surface area contributed by atoms with Crippen LogP contribution in [-0.2, 0) is 10.0 Å². The van der Waals surface area contributed by atoms with E-state index < -0.39 is 10.0 Å². The maximum atomic E-state index is 12.3. The summed E-state index contributed by atoms with van der Waals surface area (Å²) in [7, 11) is -1.76. The van der Waals surface area contributed by atoms with Gasteiger partial charge in [0.15, 0.2) is 0 Å². The fourth-order valence-corrected chi connectivity index (χ4v) is 3.78. The van der Waals surface area contributed by atoms with Crippen LogP contribution in [0.1, 0.15) is 31.2 Å². The van der Waals surface area contributed by atoms with Crippen molar-refractivity contribution in [3.05, 3.63) is 40.3 Å². The van der Waals surface area contributed by atoms with Gasteiger partial charge in [-0.2, -0.15) is 4.31 Å². The van der Waals surface area contributed by atoms with Crippen molar-refractivity contribution in [3.63, 3.8) is 0 Å². The van der Waals surface area contributed by atoms with Crippen LogP contribution in [0.5, 0.6) is 0 Å². The third kappa shape index (κ3) is 4.54. The minimum atomic E-state index is -3.41. The normalized spacial score (nSPS) is 23.8. The molecule has 2 N–H and O–H groups in total. The van der Waals surface area contributed by atoms with Gasteiger partial charge >= 0.3 is 0 Å². The van der Waals surface area contributed by atoms with Gasteiger partial charge in [0.25, 0.3) is 0 Å². The molecule has 6 heteroatoms. The zero-order chi connectivity index (χ0) is 15.5. The molecule has 0 spiro atoms. The van der Waals surface area contributed by atoms with E-state index in [0.29, 0.717) is 5.02 Å². The molecule has 0 atom stereocenters. The van der Waals surface area contributed by atoms with Gasteiger partial charge < -0.3 is 5.73 Å². The summed E-state index contributed by atoms with van der Waals surface area (Å²) in [6.07, 6.45) is 5.00. The Bertz CT molecular complexity index is 591. The van der Waals surface area contributed by atoms with E-state index in [1.807, 2.05) is 0 Å². The Morgan fingerprint density at radius 1 is 1.19 bits per heavy atom. The van der Waals surface area contributed by atoms with Crippen LogP contribution < -0.4 is 5.73 Å². The van der Waals surface area contributed by atoms with Crippen LogP contribution >= 0.6 is 11.6 Å². The summed E-state index contributed by atoms with van der Waals surface area (Å²) in [6.45, 7) is 0. The zero-order valence-corrected chi connectivity index (χ0v) is 13.6. The lowest BCUT2D eigenvalue weighted by atomic mass is 9.92. The monoisotopic (exact) mass is 328 g/mol. The van der Waals surface area contributed by atoms with E-state index in [0.717, 1.165) is 31.2 Å². The molecule has 1 aromatic rings. The lowest BCUT2D eigenvalue weighted by molar-refractivity contribution is 0.271. The first kappa shape index (κ1) is 16.5. The average molecular weight is 329 g/mol. The maximum Gasteiger partial charge on any atom is 0.236 e. The highest BCUT2D eigenvalue weighted by Gasteiger charge is 2.27. The standard InChI is InChI=1S/C15H21ClN2O2S/c1-18(15-8-6-14(17)7-9-15)21(19,20)11-10-12-2-4-13(16)5-3-12/h2-5,10-11,14-15H,6-9,17H2,1H3. The van der Waals surface area contributed by atoms with Crippen molar-refractivity contribution in [2.45, 2.75) is 37.8 Å². The summed E-state index contributed by atoms with van der Waals surface area (Å²) in [6, 6.07) is 7.30. The van der Waals surface area contributed by atoms with Crippen LogP contribution in [0.25, 0.3) is 6.08 Å². The molecule has 0 radical (unpaired) electrons. The van der Waals surface area contributed by atoms with Crippen molar-refractivity contribution in [3.8, 4) is 0 Å². The number of hydrogen-bond acceptors (Lipinski definition) is 3. The number of halogens is 1. The van der Waals surface area contributed by atoms with Crippen LogP contribution in [0.3, 0.4) is 0 Å². The van der Waals surface area contributed by atoms with Gasteiger partial charge in [0.05, 0.1) is 0 Å². The van der Waals surface area contributed by atoms with Crippen molar-refractivity contribution in [1.29, 1.82) is 0 Å². The quantitative estimate of drug-likeness (QED) is 0.924. The number of hydrogen-bond donors (Lipinski definition) is 1. The van der Waals surface area contributed by atoms with Crippen LogP contribution in [-0.4, -0.2) is 31.9 Å². The largest absolute Gasteiger partial charge is 0.328 e. The molecule has 1 saturated carbocycles. The van der Waals surface area contributed by atoms with Gasteiger partial charge in [0.1, 0.15) is 0 Å². The summed E-state index contributed by atoms with van der Waals surface area (Å²) in [4.78, 5) is 0. The van der Waals surface area contributed by atoms with E-state index in [1.54, 1.807) is 37.4 Å². The first-order chi connectivity index (χ1) is 9.88. The second-order valence-corrected chi connectivity index (χ2v) is 7.80. The molecule has 116 valence electrons. The van der Waals surface area contributed by atoms with Crippen LogP contribution in [0.15, 0.2) is 29.7 Å². The van der Waals surface area contributed by atoms with Gasteiger partial charge in [-0.25, -0.2) is 8.42 Å². The molecule has 0 aromatic heterocycles. The Hall–Kier alpha value is -0.880. The summed E-state index contributed by atoms with van der Waals surface area (Å²) in [5.74, 6) is 0. The van der Waals surface area contributed by atoms with Gasteiger partial charge in [-0.1, -0.05) is 23.7 Å². The van der Waals surface area contributed by atoms with E-state index in [2.05, 4.69) is 0 Å². The first-order valence-corrected chi connectivity index (χ1v) is 8.94. The highest BCUT2D eigenvalue weighted by molar-refractivity contribution is 7.92. The van der Waals surface area contributed by atoms with Crippen molar-refractivity contribution in [2.75, 3.05) is 7.05 Å². The van der Waals surface area contributed by atoms with Gasteiger partial charge in [-0.3, -0.25) is 0 Å². The van der Waals surface area contributed by atoms with Crippen molar-refractivity contribution in [1.82, 2.24) is 4.31 Å². The Morgan fingerprint density at radius 3 is 2.33 bits per heavy atom. The number of nitrogens with zero attached hydrogens (tertiary/aromatic N) is 1. The highest BCUT2D eigenvalue weighted by atomic mass is 35.5. The van der Waals surface area contributed by atoms with Crippen LogP contribution in [0.4, 0.5) is 0 Å². The van der Waals surface area contributed by atoms with E-state index in [9.17, 15) is 8.42 Å². The van der Waals surface area contributed by atoms with Crippen LogP contribution in [0, 0.1) is 0 Å². The minimum absolute atomic E-state index is 0.0460. The summed E-state index contributed by atoms with van der Waals surface area (Å²) < 4.78 is 26.1. The lowest BCUT2D eigenvalue weighted by Gasteiger charge is -2.31. The molecule has 4 nitrogen and oxygen atoms in total.